The van der Waals surface area contributed by atoms with E-state index in [2.05, 4.69) is 41.7 Å². The van der Waals surface area contributed by atoms with E-state index in [1.54, 1.807) is 49.4 Å². The number of nitrogens with one attached hydrogen (secondary N) is 1. The molecule has 1 amide bonds. The minimum absolute atomic E-state index is 0.115. The van der Waals surface area contributed by atoms with E-state index in [1.165, 1.54) is 10.5 Å². The maximum atomic E-state index is 11.8. The molecule has 0 heterocycles. The van der Waals surface area contributed by atoms with Gasteiger partial charge in [-0.25, -0.2) is 5.43 Å². The minimum Gasteiger partial charge on any atom is -0.497 e. The highest BCUT2D eigenvalue weighted by molar-refractivity contribution is 7.99. The molecule has 0 unspecified atom stereocenters. The summed E-state index contributed by atoms with van der Waals surface area (Å²) in [6, 6.07) is 23.4. The summed E-state index contributed by atoms with van der Waals surface area (Å²) < 4.78 is 10.5. The fourth-order valence-corrected chi connectivity index (χ4v) is 3.21. The van der Waals surface area contributed by atoms with Crippen LogP contribution in [0.25, 0.3) is 0 Å². The van der Waals surface area contributed by atoms with Gasteiger partial charge in [0.1, 0.15) is 11.5 Å². The average molecular weight is 407 g/mol. The predicted molar refractivity (Wildman–Crippen MR) is 116 cm³/mol. The number of hydrazone groups is 1. The molecule has 0 aliphatic rings. The lowest BCUT2D eigenvalue weighted by atomic mass is 10.2. The largest absolute Gasteiger partial charge is 0.497 e. The maximum absolute atomic E-state index is 11.8. The molecule has 29 heavy (non-hydrogen) atoms. The van der Waals surface area contributed by atoms with E-state index in [1.807, 2.05) is 24.3 Å². The lowest BCUT2D eigenvalue weighted by Gasteiger charge is -2.06. The molecule has 0 aromatic heterocycles. The minimum atomic E-state index is -0.330. The van der Waals surface area contributed by atoms with Crippen molar-refractivity contribution in [2.75, 3.05) is 13.7 Å². The Morgan fingerprint density at radius 2 is 1.52 bits per heavy atom. The van der Waals surface area contributed by atoms with Crippen molar-refractivity contribution in [3.8, 4) is 11.5 Å². The molecule has 5 nitrogen and oxygen atoms in total. The Balaban J connectivity index is 1.44. The number of amides is 1. The lowest BCUT2D eigenvalue weighted by molar-refractivity contribution is -0.123. The fourth-order valence-electron chi connectivity index (χ4n) is 2.40. The van der Waals surface area contributed by atoms with Crippen LogP contribution < -0.4 is 14.9 Å². The highest BCUT2D eigenvalue weighted by atomic mass is 32.2. The van der Waals surface area contributed by atoms with Crippen molar-refractivity contribution >= 4 is 23.9 Å². The third-order valence-electron chi connectivity index (χ3n) is 3.97. The molecule has 0 fully saturated rings. The van der Waals surface area contributed by atoms with Crippen LogP contribution in [0.2, 0.25) is 0 Å². The zero-order chi connectivity index (χ0) is 20.5. The Kier molecular flexibility index (Phi) is 7.30. The van der Waals surface area contributed by atoms with Crippen LogP contribution in [-0.2, 0) is 4.79 Å². The standard InChI is InChI=1S/C23H22N2O3S/c1-17-3-11-21(12-4-17)29-22-13-5-18(6-14-22)15-24-25-23(26)16-28-20-9-7-19(27-2)8-10-20/h3-15H,16H2,1-2H3,(H,25,26)/b24-15+. The number of carbonyl (C=O) groups excluding carboxylic acids is 1. The molecule has 0 aliphatic carbocycles. The number of benzene rings is 3. The molecule has 0 radical (unpaired) electrons. The van der Waals surface area contributed by atoms with Crippen LogP contribution in [-0.4, -0.2) is 25.8 Å². The summed E-state index contributed by atoms with van der Waals surface area (Å²) in [6.07, 6.45) is 1.60. The maximum Gasteiger partial charge on any atom is 0.277 e. The summed E-state index contributed by atoms with van der Waals surface area (Å²) in [7, 11) is 1.59. The van der Waals surface area contributed by atoms with Gasteiger partial charge in [0.05, 0.1) is 13.3 Å². The van der Waals surface area contributed by atoms with Gasteiger partial charge in [0.2, 0.25) is 0 Å². The van der Waals surface area contributed by atoms with Gasteiger partial charge in [-0.2, -0.15) is 5.10 Å². The van der Waals surface area contributed by atoms with E-state index in [0.717, 1.165) is 16.2 Å². The highest BCUT2D eigenvalue weighted by Crippen LogP contribution is 2.27. The van der Waals surface area contributed by atoms with Crippen LogP contribution in [0.15, 0.2) is 87.7 Å². The second kappa shape index (κ2) is 10.3. The Bertz CT molecular complexity index is 953. The van der Waals surface area contributed by atoms with Gasteiger partial charge in [-0.15, -0.1) is 0 Å². The van der Waals surface area contributed by atoms with Crippen molar-refractivity contribution in [1.29, 1.82) is 0 Å². The number of rotatable bonds is 8. The molecule has 0 saturated carbocycles. The molecule has 3 rings (SSSR count). The monoisotopic (exact) mass is 406 g/mol. The van der Waals surface area contributed by atoms with Gasteiger partial charge < -0.3 is 9.47 Å². The van der Waals surface area contributed by atoms with E-state index >= 15 is 0 Å². The van der Waals surface area contributed by atoms with Gasteiger partial charge in [0, 0.05) is 9.79 Å². The second-order valence-electron chi connectivity index (χ2n) is 6.24. The Hall–Kier alpha value is -3.25. The summed E-state index contributed by atoms with van der Waals surface area (Å²) >= 11 is 1.70. The molecule has 3 aromatic rings. The van der Waals surface area contributed by atoms with Crippen molar-refractivity contribution < 1.29 is 14.3 Å². The van der Waals surface area contributed by atoms with E-state index < -0.39 is 0 Å². The normalized spacial score (nSPS) is 10.7. The number of aryl methyl sites for hydroxylation is 1. The Morgan fingerprint density at radius 1 is 0.931 bits per heavy atom. The lowest BCUT2D eigenvalue weighted by Crippen LogP contribution is -2.24. The summed E-state index contributed by atoms with van der Waals surface area (Å²) in [5.41, 5.74) is 4.60. The predicted octanol–water partition coefficient (Wildman–Crippen LogP) is 4.68. The fraction of sp³-hybridized carbons (Fsp3) is 0.130. The van der Waals surface area contributed by atoms with Gasteiger partial charge in [0.25, 0.3) is 5.91 Å². The summed E-state index contributed by atoms with van der Waals surface area (Å²) in [6.45, 7) is 1.96. The number of carbonyl (C=O) groups is 1. The topological polar surface area (TPSA) is 59.9 Å². The van der Waals surface area contributed by atoms with Crippen LogP contribution in [0.3, 0.4) is 0 Å². The molecule has 0 saturated heterocycles. The molecule has 3 aromatic carbocycles. The molecule has 6 heteroatoms. The van der Waals surface area contributed by atoms with Crippen LogP contribution in [0.4, 0.5) is 0 Å². The van der Waals surface area contributed by atoms with Crippen molar-refractivity contribution in [3.63, 3.8) is 0 Å². The highest BCUT2D eigenvalue weighted by Gasteiger charge is 2.02. The van der Waals surface area contributed by atoms with E-state index in [-0.39, 0.29) is 12.5 Å². The zero-order valence-electron chi connectivity index (χ0n) is 16.3. The number of hydrogen-bond acceptors (Lipinski definition) is 5. The molecule has 1 N–H and O–H groups in total. The number of ether oxygens (including phenoxy) is 2. The second-order valence-corrected chi connectivity index (χ2v) is 7.39. The van der Waals surface area contributed by atoms with Crippen molar-refractivity contribution in [1.82, 2.24) is 5.43 Å². The van der Waals surface area contributed by atoms with Crippen LogP contribution in [0, 0.1) is 6.92 Å². The molecule has 0 atom stereocenters. The van der Waals surface area contributed by atoms with E-state index in [0.29, 0.717) is 5.75 Å². The smallest absolute Gasteiger partial charge is 0.277 e. The molecular formula is C23H22N2O3S. The Labute approximate surface area is 174 Å². The van der Waals surface area contributed by atoms with Crippen LogP contribution in [0.5, 0.6) is 11.5 Å². The number of hydrogen-bond donors (Lipinski definition) is 1. The first-order chi connectivity index (χ1) is 14.1. The van der Waals surface area contributed by atoms with Crippen LogP contribution in [0.1, 0.15) is 11.1 Å². The van der Waals surface area contributed by atoms with Gasteiger partial charge in [-0.05, 0) is 61.0 Å². The molecule has 148 valence electrons. The summed E-state index contributed by atoms with van der Waals surface area (Å²) in [5.74, 6) is 0.991. The molecule has 0 bridgehead atoms. The van der Waals surface area contributed by atoms with Gasteiger partial charge in [-0.3, -0.25) is 4.79 Å². The molecule has 0 spiro atoms. The average Bonchev–Trinajstić information content (AvgIpc) is 2.75. The van der Waals surface area contributed by atoms with Gasteiger partial charge in [-0.1, -0.05) is 41.6 Å². The van der Waals surface area contributed by atoms with Crippen molar-refractivity contribution in [2.24, 2.45) is 5.10 Å². The third-order valence-corrected chi connectivity index (χ3v) is 4.98. The number of methoxy groups -OCH3 is 1. The van der Waals surface area contributed by atoms with Crippen molar-refractivity contribution in [2.45, 2.75) is 16.7 Å². The van der Waals surface area contributed by atoms with Crippen LogP contribution >= 0.6 is 11.8 Å². The third kappa shape index (κ3) is 6.69. The summed E-state index contributed by atoms with van der Waals surface area (Å²) in [4.78, 5) is 14.2. The molecule has 0 aliphatic heterocycles. The van der Waals surface area contributed by atoms with E-state index in [9.17, 15) is 4.79 Å². The first-order valence-electron chi connectivity index (χ1n) is 9.06. The number of nitrogens with zero attached hydrogens (tertiary/aromatic N) is 1. The quantitative estimate of drug-likeness (QED) is 0.436. The Morgan fingerprint density at radius 3 is 2.14 bits per heavy atom. The SMILES string of the molecule is COc1ccc(OCC(=O)N/N=C/c2ccc(Sc3ccc(C)cc3)cc2)cc1. The van der Waals surface area contributed by atoms with Gasteiger partial charge >= 0.3 is 0 Å². The zero-order valence-corrected chi connectivity index (χ0v) is 17.1. The van der Waals surface area contributed by atoms with E-state index in [4.69, 9.17) is 9.47 Å². The first-order valence-corrected chi connectivity index (χ1v) is 9.87. The van der Waals surface area contributed by atoms with Gasteiger partial charge in [0.15, 0.2) is 6.61 Å². The molecular weight excluding hydrogens is 384 g/mol. The first kappa shape index (κ1) is 20.5. The van der Waals surface area contributed by atoms with Crippen molar-refractivity contribution in [3.05, 3.63) is 83.9 Å². The summed E-state index contributed by atoms with van der Waals surface area (Å²) in [5, 5.41) is 3.97.